The van der Waals surface area contributed by atoms with Crippen molar-refractivity contribution >= 4 is 30.5 Å². The molecule has 1 N–H and O–H groups in total. The van der Waals surface area contributed by atoms with Crippen LogP contribution in [0.25, 0.3) is 0 Å². The first-order valence-electron chi connectivity index (χ1n) is 7.19. The molecule has 0 heterocycles. The molecular formula is C18H21Cl2NOTi. The second-order valence-electron chi connectivity index (χ2n) is 6.14. The second-order valence-corrected chi connectivity index (χ2v) is 8.72. The van der Waals surface area contributed by atoms with Crippen LogP contribution >= 0.6 is 18.6 Å². The van der Waals surface area contributed by atoms with E-state index in [1.807, 2.05) is 37.3 Å². The number of halogens is 2. The van der Waals surface area contributed by atoms with Crippen LogP contribution in [0.2, 0.25) is 0 Å². The minimum atomic E-state index is -0.556. The fourth-order valence-electron chi connectivity index (χ4n) is 1.98. The van der Waals surface area contributed by atoms with E-state index in [0.29, 0.717) is 5.75 Å². The average Bonchev–Trinajstić information content (AvgIpc) is 2.49. The molecule has 2 nitrogen and oxygen atoms in total. The molecular weight excluding hydrogens is 365 g/mol. The van der Waals surface area contributed by atoms with Crippen molar-refractivity contribution in [2.45, 2.75) is 33.1 Å². The van der Waals surface area contributed by atoms with E-state index < -0.39 is 17.0 Å². The molecule has 0 aliphatic heterocycles. The molecule has 0 radical (unpaired) electrons. The first kappa shape index (κ1) is 20.2. The fourth-order valence-corrected chi connectivity index (χ4v) is 1.98. The summed E-state index contributed by atoms with van der Waals surface area (Å²) in [5.41, 5.74) is 3.92. The van der Waals surface area contributed by atoms with Gasteiger partial charge in [-0.05, 0) is 41.7 Å². The Kier molecular flexibility index (Phi) is 8.35. The SMILES string of the molecule is Cc1cccc(C=Nc2ccc(C(C)(C)C)cc2)c1O.[Cl][Ti][Cl]. The molecule has 0 spiro atoms. The Bertz CT molecular complexity index is 649. The third-order valence-corrected chi connectivity index (χ3v) is 3.36. The molecule has 0 bridgehead atoms. The monoisotopic (exact) mass is 385 g/mol. The fraction of sp³-hybridized carbons (Fsp3) is 0.278. The van der Waals surface area contributed by atoms with Gasteiger partial charge in [-0.15, -0.1) is 0 Å². The molecule has 2 aromatic carbocycles. The van der Waals surface area contributed by atoms with Crippen LogP contribution in [0.1, 0.15) is 37.5 Å². The van der Waals surface area contributed by atoms with Crippen LogP contribution in [-0.4, -0.2) is 11.3 Å². The Labute approximate surface area is 155 Å². The predicted octanol–water partition coefficient (Wildman–Crippen LogP) is 6.13. The van der Waals surface area contributed by atoms with Crippen LogP contribution in [0.5, 0.6) is 5.75 Å². The summed E-state index contributed by atoms with van der Waals surface area (Å²) >= 11 is -0.556. The minimum absolute atomic E-state index is 0.150. The quantitative estimate of drug-likeness (QED) is 0.489. The number of aryl methyl sites for hydroxylation is 1. The van der Waals surface area contributed by atoms with Gasteiger partial charge in [0, 0.05) is 11.8 Å². The van der Waals surface area contributed by atoms with E-state index in [4.69, 9.17) is 18.6 Å². The molecule has 0 unspecified atom stereocenters. The van der Waals surface area contributed by atoms with E-state index >= 15 is 0 Å². The van der Waals surface area contributed by atoms with Crippen molar-refractivity contribution in [3.8, 4) is 5.75 Å². The zero-order valence-corrected chi connectivity index (χ0v) is 16.8. The van der Waals surface area contributed by atoms with Crippen LogP contribution in [0.15, 0.2) is 47.5 Å². The number of aromatic hydroxyl groups is 1. The Morgan fingerprint density at radius 3 is 2.13 bits per heavy atom. The van der Waals surface area contributed by atoms with Crippen molar-refractivity contribution in [3.05, 3.63) is 59.2 Å². The van der Waals surface area contributed by atoms with Crippen LogP contribution in [0.4, 0.5) is 5.69 Å². The number of hydrogen-bond acceptors (Lipinski definition) is 2. The molecule has 2 rings (SSSR count). The normalized spacial score (nSPS) is 11.0. The Balaban J connectivity index is 0.000000816. The summed E-state index contributed by atoms with van der Waals surface area (Å²) in [5, 5.41) is 9.94. The van der Waals surface area contributed by atoms with Crippen molar-refractivity contribution < 1.29 is 22.1 Å². The molecule has 0 aliphatic carbocycles. The van der Waals surface area contributed by atoms with Gasteiger partial charge < -0.3 is 5.11 Å². The number of phenols is 1. The van der Waals surface area contributed by atoms with E-state index in [1.54, 1.807) is 6.21 Å². The predicted molar refractivity (Wildman–Crippen MR) is 96.9 cm³/mol. The summed E-state index contributed by atoms with van der Waals surface area (Å²) in [7, 11) is 9.78. The number of para-hydroxylation sites is 1. The van der Waals surface area contributed by atoms with Crippen LogP contribution in [0, 0.1) is 6.92 Å². The van der Waals surface area contributed by atoms with Gasteiger partial charge in [0.15, 0.2) is 0 Å². The first-order valence-corrected chi connectivity index (χ1v) is 11.5. The molecule has 23 heavy (non-hydrogen) atoms. The van der Waals surface area contributed by atoms with Gasteiger partial charge >= 0.3 is 35.6 Å². The Morgan fingerprint density at radius 1 is 1.04 bits per heavy atom. The van der Waals surface area contributed by atoms with Crippen LogP contribution < -0.4 is 0 Å². The summed E-state index contributed by atoms with van der Waals surface area (Å²) in [4.78, 5) is 4.42. The van der Waals surface area contributed by atoms with Gasteiger partial charge in [-0.3, -0.25) is 4.99 Å². The van der Waals surface area contributed by atoms with Gasteiger partial charge in [0.05, 0.1) is 5.69 Å². The second kappa shape index (κ2) is 9.49. The maximum atomic E-state index is 9.94. The van der Waals surface area contributed by atoms with Gasteiger partial charge in [0.25, 0.3) is 0 Å². The Morgan fingerprint density at radius 2 is 1.61 bits per heavy atom. The molecule has 0 saturated heterocycles. The summed E-state index contributed by atoms with van der Waals surface area (Å²) in [5.74, 6) is 0.294. The summed E-state index contributed by atoms with van der Waals surface area (Å²) in [6.07, 6.45) is 1.70. The van der Waals surface area contributed by atoms with Gasteiger partial charge in [-0.1, -0.05) is 45.0 Å². The molecule has 0 aromatic heterocycles. The summed E-state index contributed by atoms with van der Waals surface area (Å²) < 4.78 is 0. The van der Waals surface area contributed by atoms with Gasteiger partial charge in [-0.2, -0.15) is 0 Å². The van der Waals surface area contributed by atoms with Crippen molar-refractivity contribution in [1.82, 2.24) is 0 Å². The molecule has 0 fully saturated rings. The molecule has 0 aliphatic rings. The topological polar surface area (TPSA) is 32.6 Å². The van der Waals surface area contributed by atoms with Crippen molar-refractivity contribution in [3.63, 3.8) is 0 Å². The van der Waals surface area contributed by atoms with E-state index in [9.17, 15) is 5.11 Å². The zero-order chi connectivity index (χ0) is 17.5. The molecule has 0 saturated carbocycles. The summed E-state index contributed by atoms with van der Waals surface area (Å²) in [6, 6.07) is 13.9. The summed E-state index contributed by atoms with van der Waals surface area (Å²) in [6.45, 7) is 8.45. The molecule has 122 valence electrons. The van der Waals surface area contributed by atoms with Crippen molar-refractivity contribution in [2.24, 2.45) is 4.99 Å². The maximum absolute atomic E-state index is 9.94. The number of nitrogens with zero attached hydrogens (tertiary/aromatic N) is 1. The number of benzene rings is 2. The third kappa shape index (κ3) is 6.68. The van der Waals surface area contributed by atoms with Crippen LogP contribution in [-0.2, 0) is 22.4 Å². The van der Waals surface area contributed by atoms with E-state index in [2.05, 4.69) is 37.9 Å². The zero-order valence-electron chi connectivity index (χ0n) is 13.8. The molecule has 2 aromatic rings. The van der Waals surface area contributed by atoms with Gasteiger partial charge in [-0.25, -0.2) is 0 Å². The van der Waals surface area contributed by atoms with E-state index in [-0.39, 0.29) is 5.41 Å². The molecule has 0 atom stereocenters. The first-order chi connectivity index (χ1) is 10.8. The number of aliphatic imine (C=N–C) groups is 1. The standard InChI is InChI=1S/C18H21NO.2ClH.Ti/c1-13-6-5-7-14(17(13)20)12-19-16-10-8-15(9-11-16)18(2,3)4;;;/h5-12,20H,1-4H3;2*1H;/q;;;+2/p-2. The number of phenolic OH excluding ortho intramolecular Hbond substituents is 1. The van der Waals surface area contributed by atoms with E-state index in [0.717, 1.165) is 16.8 Å². The van der Waals surface area contributed by atoms with E-state index in [1.165, 1.54) is 5.56 Å². The third-order valence-electron chi connectivity index (χ3n) is 3.36. The van der Waals surface area contributed by atoms with Gasteiger partial charge in [0.2, 0.25) is 0 Å². The number of rotatable bonds is 2. The van der Waals surface area contributed by atoms with Gasteiger partial charge in [0.1, 0.15) is 5.75 Å². The molecule has 0 amide bonds. The van der Waals surface area contributed by atoms with Crippen molar-refractivity contribution in [2.75, 3.05) is 0 Å². The van der Waals surface area contributed by atoms with Crippen LogP contribution in [0.3, 0.4) is 0 Å². The van der Waals surface area contributed by atoms with Crippen molar-refractivity contribution in [1.29, 1.82) is 0 Å². The molecule has 5 heteroatoms. The average molecular weight is 386 g/mol. The Hall–Kier alpha value is -0.796. The number of hydrogen-bond donors (Lipinski definition) is 1.